The third kappa shape index (κ3) is 2.51. The molecule has 0 radical (unpaired) electrons. The minimum atomic E-state index is -1.02. The van der Waals surface area contributed by atoms with Crippen LogP contribution in [0.5, 0.6) is 0 Å². The molecule has 1 aliphatic rings. The number of fused-ring (bicyclic) bond motifs is 1. The second-order valence-corrected chi connectivity index (χ2v) is 6.16. The third-order valence-corrected chi connectivity index (χ3v) is 4.74. The van der Waals surface area contributed by atoms with Crippen molar-refractivity contribution in [2.75, 3.05) is 5.32 Å². The fourth-order valence-corrected chi connectivity index (χ4v) is 3.67. The Hall–Kier alpha value is -1.59. The number of thiophene rings is 1. The third-order valence-electron chi connectivity index (χ3n) is 3.45. The molecule has 0 aliphatic heterocycles. The molecule has 0 saturated carbocycles. The molecule has 104 valence electrons. The summed E-state index contributed by atoms with van der Waals surface area (Å²) >= 11 is 7.89. The van der Waals surface area contributed by atoms with Crippen LogP contribution in [0.4, 0.5) is 5.82 Å². The molecule has 0 bridgehead atoms. The van der Waals surface area contributed by atoms with E-state index in [1.807, 2.05) is 0 Å². The molecule has 0 saturated heterocycles. The van der Waals surface area contributed by atoms with Crippen molar-refractivity contribution in [2.24, 2.45) is 0 Å². The summed E-state index contributed by atoms with van der Waals surface area (Å²) in [6, 6.07) is 3.76. The SMILES string of the molecule is O=C(O)c1cnc(NC2CCCc3sccc32)c(Cl)c1. The van der Waals surface area contributed by atoms with Gasteiger partial charge in [-0.25, -0.2) is 9.78 Å². The molecule has 0 amide bonds. The maximum Gasteiger partial charge on any atom is 0.337 e. The topological polar surface area (TPSA) is 62.2 Å². The van der Waals surface area contributed by atoms with Gasteiger partial charge in [-0.2, -0.15) is 0 Å². The monoisotopic (exact) mass is 308 g/mol. The maximum atomic E-state index is 10.9. The van der Waals surface area contributed by atoms with E-state index in [9.17, 15) is 4.79 Å². The van der Waals surface area contributed by atoms with Crippen LogP contribution in [-0.2, 0) is 6.42 Å². The number of carbonyl (C=O) groups is 1. The largest absolute Gasteiger partial charge is 0.478 e. The summed E-state index contributed by atoms with van der Waals surface area (Å²) in [6.07, 6.45) is 4.62. The smallest absolute Gasteiger partial charge is 0.337 e. The molecule has 2 heterocycles. The Bertz CT molecular complexity index is 656. The van der Waals surface area contributed by atoms with Gasteiger partial charge in [-0.3, -0.25) is 0 Å². The zero-order valence-electron chi connectivity index (χ0n) is 10.6. The summed E-state index contributed by atoms with van der Waals surface area (Å²) < 4.78 is 0. The number of aromatic carboxylic acids is 1. The maximum absolute atomic E-state index is 10.9. The molecule has 2 N–H and O–H groups in total. The molecule has 0 aromatic carbocycles. The van der Waals surface area contributed by atoms with Crippen molar-refractivity contribution in [3.8, 4) is 0 Å². The molecule has 2 aromatic rings. The second kappa shape index (κ2) is 5.42. The van der Waals surface area contributed by atoms with Crippen LogP contribution in [0.15, 0.2) is 23.7 Å². The van der Waals surface area contributed by atoms with Crippen LogP contribution in [0.2, 0.25) is 5.02 Å². The number of anilines is 1. The highest BCUT2D eigenvalue weighted by molar-refractivity contribution is 7.10. The van der Waals surface area contributed by atoms with E-state index in [4.69, 9.17) is 16.7 Å². The van der Waals surface area contributed by atoms with Crippen molar-refractivity contribution in [2.45, 2.75) is 25.3 Å². The van der Waals surface area contributed by atoms with Gasteiger partial charge in [-0.05, 0) is 42.3 Å². The lowest BCUT2D eigenvalue weighted by Crippen LogP contribution is -2.16. The number of carboxylic acids is 1. The molecule has 1 atom stereocenters. The number of nitrogens with one attached hydrogen (secondary N) is 1. The van der Waals surface area contributed by atoms with E-state index in [1.165, 1.54) is 22.7 Å². The number of nitrogens with zero attached hydrogens (tertiary/aromatic N) is 1. The Morgan fingerprint density at radius 1 is 1.55 bits per heavy atom. The first-order valence-corrected chi connectivity index (χ1v) is 7.62. The first-order chi connectivity index (χ1) is 9.65. The van der Waals surface area contributed by atoms with Crippen LogP contribution in [0.3, 0.4) is 0 Å². The van der Waals surface area contributed by atoms with Crippen molar-refractivity contribution in [3.05, 3.63) is 44.7 Å². The molecule has 0 spiro atoms. The molecule has 6 heteroatoms. The number of hydrogen-bond acceptors (Lipinski definition) is 4. The number of carboxylic acid groups (broad SMARTS) is 1. The highest BCUT2D eigenvalue weighted by Crippen LogP contribution is 2.36. The number of aromatic nitrogens is 1. The van der Waals surface area contributed by atoms with Crippen LogP contribution in [0, 0.1) is 0 Å². The Kier molecular flexibility index (Phi) is 3.63. The Labute approximate surface area is 125 Å². The summed E-state index contributed by atoms with van der Waals surface area (Å²) in [4.78, 5) is 16.4. The first kappa shape index (κ1) is 13.4. The summed E-state index contributed by atoms with van der Waals surface area (Å²) in [7, 11) is 0. The van der Waals surface area contributed by atoms with Crippen LogP contribution in [0.1, 0.15) is 39.7 Å². The standard InChI is InChI=1S/C14H13ClN2O2S/c15-10-6-8(14(18)19)7-16-13(10)17-11-2-1-3-12-9(11)4-5-20-12/h4-7,11H,1-3H2,(H,16,17)(H,18,19). The number of pyridine rings is 1. The highest BCUT2D eigenvalue weighted by Gasteiger charge is 2.22. The van der Waals surface area contributed by atoms with Crippen LogP contribution in [0.25, 0.3) is 0 Å². The van der Waals surface area contributed by atoms with Gasteiger partial charge in [-0.1, -0.05) is 11.6 Å². The molecule has 1 unspecified atom stereocenters. The van der Waals surface area contributed by atoms with E-state index in [2.05, 4.69) is 21.7 Å². The van der Waals surface area contributed by atoms with Crippen LogP contribution >= 0.6 is 22.9 Å². The van der Waals surface area contributed by atoms with E-state index < -0.39 is 5.97 Å². The van der Waals surface area contributed by atoms with Gasteiger partial charge in [0.1, 0.15) is 5.82 Å². The lowest BCUT2D eigenvalue weighted by Gasteiger charge is -2.24. The zero-order valence-corrected chi connectivity index (χ0v) is 12.2. The Balaban J connectivity index is 1.84. The molecule has 2 aromatic heterocycles. The van der Waals surface area contributed by atoms with E-state index in [0.717, 1.165) is 19.3 Å². The van der Waals surface area contributed by atoms with Crippen molar-refractivity contribution >= 4 is 34.7 Å². The van der Waals surface area contributed by atoms with Gasteiger partial charge in [0.15, 0.2) is 0 Å². The van der Waals surface area contributed by atoms with Crippen LogP contribution < -0.4 is 5.32 Å². The van der Waals surface area contributed by atoms with Crippen molar-refractivity contribution in [1.82, 2.24) is 4.98 Å². The fourth-order valence-electron chi connectivity index (χ4n) is 2.46. The first-order valence-electron chi connectivity index (χ1n) is 6.37. The molecule has 1 aliphatic carbocycles. The van der Waals surface area contributed by atoms with Gasteiger partial charge >= 0.3 is 5.97 Å². The van der Waals surface area contributed by atoms with E-state index in [-0.39, 0.29) is 11.6 Å². The van der Waals surface area contributed by atoms with Gasteiger partial charge in [0.25, 0.3) is 0 Å². The fraction of sp³-hybridized carbons (Fsp3) is 0.286. The van der Waals surface area contributed by atoms with Gasteiger partial charge in [0.2, 0.25) is 0 Å². The van der Waals surface area contributed by atoms with Gasteiger partial charge in [0.05, 0.1) is 16.6 Å². The molecule has 0 fully saturated rings. The summed E-state index contributed by atoms with van der Waals surface area (Å²) in [5.74, 6) is -0.482. The lowest BCUT2D eigenvalue weighted by atomic mass is 9.94. The van der Waals surface area contributed by atoms with Crippen molar-refractivity contribution < 1.29 is 9.90 Å². The molecular formula is C14H13ClN2O2S. The van der Waals surface area contributed by atoms with E-state index in [0.29, 0.717) is 10.8 Å². The van der Waals surface area contributed by atoms with Gasteiger partial charge in [0, 0.05) is 11.1 Å². The normalized spacial score (nSPS) is 17.6. The molecule has 20 heavy (non-hydrogen) atoms. The Morgan fingerprint density at radius 2 is 2.40 bits per heavy atom. The number of halogens is 1. The average molecular weight is 309 g/mol. The van der Waals surface area contributed by atoms with E-state index >= 15 is 0 Å². The summed E-state index contributed by atoms with van der Waals surface area (Å²) in [5, 5.41) is 14.7. The molecular weight excluding hydrogens is 296 g/mol. The summed E-state index contributed by atoms with van der Waals surface area (Å²) in [5.41, 5.74) is 1.40. The summed E-state index contributed by atoms with van der Waals surface area (Å²) in [6.45, 7) is 0. The number of aryl methyl sites for hydroxylation is 1. The zero-order chi connectivity index (χ0) is 14.1. The van der Waals surface area contributed by atoms with Crippen molar-refractivity contribution in [3.63, 3.8) is 0 Å². The predicted molar refractivity (Wildman–Crippen MR) is 79.8 cm³/mol. The molecule has 3 rings (SSSR count). The second-order valence-electron chi connectivity index (χ2n) is 4.75. The Morgan fingerprint density at radius 3 is 3.15 bits per heavy atom. The quantitative estimate of drug-likeness (QED) is 0.900. The highest BCUT2D eigenvalue weighted by atomic mass is 35.5. The van der Waals surface area contributed by atoms with Crippen molar-refractivity contribution in [1.29, 1.82) is 0 Å². The average Bonchev–Trinajstić information content (AvgIpc) is 2.90. The van der Waals surface area contributed by atoms with Gasteiger partial charge in [-0.15, -0.1) is 11.3 Å². The molecule has 4 nitrogen and oxygen atoms in total. The van der Waals surface area contributed by atoms with Crippen LogP contribution in [-0.4, -0.2) is 16.1 Å². The lowest BCUT2D eigenvalue weighted by molar-refractivity contribution is 0.0696. The number of hydrogen-bond donors (Lipinski definition) is 2. The van der Waals surface area contributed by atoms with E-state index in [1.54, 1.807) is 11.3 Å². The van der Waals surface area contributed by atoms with Gasteiger partial charge < -0.3 is 10.4 Å². The predicted octanol–water partition coefficient (Wildman–Crippen LogP) is 3.98. The number of rotatable bonds is 3. The minimum Gasteiger partial charge on any atom is -0.478 e. The minimum absolute atomic E-state index is 0.0976.